The van der Waals surface area contributed by atoms with E-state index in [4.69, 9.17) is 12.2 Å². The zero-order chi connectivity index (χ0) is 18.1. The smallest absolute Gasteiger partial charge is 0.270 e. The predicted octanol–water partition coefficient (Wildman–Crippen LogP) is 3.07. The van der Waals surface area contributed by atoms with Crippen molar-refractivity contribution in [2.24, 2.45) is 0 Å². The molecule has 0 aliphatic carbocycles. The largest absolute Gasteiger partial charge is 0.545 e. The highest BCUT2D eigenvalue weighted by Gasteiger charge is 2.33. The third kappa shape index (κ3) is 3.36. The van der Waals surface area contributed by atoms with Gasteiger partial charge in [0.15, 0.2) is 4.32 Å². The molecule has 3 rings (SSSR count). The number of hydrogen-bond donors (Lipinski definition) is 0. The van der Waals surface area contributed by atoms with Crippen LogP contribution in [0.4, 0.5) is 5.69 Å². The van der Waals surface area contributed by atoms with Gasteiger partial charge in [-0.15, -0.1) is 0 Å². The van der Waals surface area contributed by atoms with Crippen LogP contribution in [0, 0.1) is 13.8 Å². The lowest BCUT2D eigenvalue weighted by molar-refractivity contribution is -0.255. The Balaban J connectivity index is 1.99. The molecule has 0 bridgehead atoms. The molecule has 1 amide bonds. The van der Waals surface area contributed by atoms with Crippen LogP contribution in [0.25, 0.3) is 6.08 Å². The van der Waals surface area contributed by atoms with Gasteiger partial charge in [-0.05, 0) is 48.7 Å². The Labute approximate surface area is 155 Å². The van der Waals surface area contributed by atoms with Crippen molar-refractivity contribution >= 4 is 51.9 Å². The summed E-state index contributed by atoms with van der Waals surface area (Å²) in [5.74, 6) is -1.54. The molecule has 0 radical (unpaired) electrons. The number of benzene rings is 2. The molecular formula is C19H14NO3S2-. The maximum atomic E-state index is 12.8. The Hall–Kier alpha value is -2.44. The lowest BCUT2D eigenvalue weighted by Crippen LogP contribution is -2.27. The molecule has 25 heavy (non-hydrogen) atoms. The van der Waals surface area contributed by atoms with E-state index in [1.807, 2.05) is 32.0 Å². The number of nitrogens with zero attached hydrogens (tertiary/aromatic N) is 1. The van der Waals surface area contributed by atoms with Crippen molar-refractivity contribution in [3.8, 4) is 0 Å². The minimum atomic E-state index is -1.28. The Morgan fingerprint density at radius 2 is 1.88 bits per heavy atom. The van der Waals surface area contributed by atoms with Gasteiger partial charge in [0.05, 0.1) is 16.6 Å². The molecule has 1 aliphatic heterocycles. The summed E-state index contributed by atoms with van der Waals surface area (Å²) in [6, 6.07) is 12.1. The highest BCUT2D eigenvalue weighted by atomic mass is 32.2. The third-order valence-corrected chi connectivity index (χ3v) is 5.31. The van der Waals surface area contributed by atoms with Crippen LogP contribution in [0.1, 0.15) is 27.0 Å². The van der Waals surface area contributed by atoms with Gasteiger partial charge >= 0.3 is 0 Å². The first-order chi connectivity index (χ1) is 11.9. The Morgan fingerprint density at radius 3 is 2.56 bits per heavy atom. The van der Waals surface area contributed by atoms with E-state index >= 15 is 0 Å². The summed E-state index contributed by atoms with van der Waals surface area (Å²) < 4.78 is 0.422. The molecule has 1 saturated heterocycles. The van der Waals surface area contributed by atoms with E-state index in [2.05, 4.69) is 0 Å². The number of thioether (sulfide) groups is 1. The minimum Gasteiger partial charge on any atom is -0.545 e. The molecule has 6 heteroatoms. The molecule has 0 spiro atoms. The fourth-order valence-electron chi connectivity index (χ4n) is 2.51. The number of aromatic carboxylic acids is 1. The normalized spacial score (nSPS) is 15.9. The quantitative estimate of drug-likeness (QED) is 0.615. The Morgan fingerprint density at radius 1 is 1.16 bits per heavy atom. The van der Waals surface area contributed by atoms with E-state index in [0.717, 1.165) is 22.9 Å². The average Bonchev–Trinajstić information content (AvgIpc) is 2.84. The van der Waals surface area contributed by atoms with Crippen LogP contribution in [0.15, 0.2) is 47.4 Å². The first-order valence-electron chi connectivity index (χ1n) is 7.54. The molecule has 2 aromatic carbocycles. The summed E-state index contributed by atoms with van der Waals surface area (Å²) in [6.45, 7) is 3.97. The highest BCUT2D eigenvalue weighted by Crippen LogP contribution is 2.36. The fourth-order valence-corrected chi connectivity index (χ4v) is 3.79. The van der Waals surface area contributed by atoms with E-state index in [-0.39, 0.29) is 11.5 Å². The van der Waals surface area contributed by atoms with Crippen molar-refractivity contribution in [2.75, 3.05) is 4.90 Å². The fraction of sp³-hybridized carbons (Fsp3) is 0.105. The highest BCUT2D eigenvalue weighted by molar-refractivity contribution is 8.27. The van der Waals surface area contributed by atoms with Gasteiger partial charge in [-0.3, -0.25) is 9.69 Å². The number of anilines is 1. The van der Waals surface area contributed by atoms with Crippen molar-refractivity contribution in [1.82, 2.24) is 0 Å². The zero-order valence-corrected chi connectivity index (χ0v) is 15.2. The Bertz CT molecular complexity index is 934. The number of rotatable bonds is 3. The predicted molar refractivity (Wildman–Crippen MR) is 102 cm³/mol. The number of amides is 1. The van der Waals surface area contributed by atoms with E-state index in [9.17, 15) is 14.7 Å². The van der Waals surface area contributed by atoms with Crippen molar-refractivity contribution in [1.29, 1.82) is 0 Å². The third-order valence-electron chi connectivity index (χ3n) is 4.01. The summed E-state index contributed by atoms with van der Waals surface area (Å²) in [7, 11) is 0. The van der Waals surface area contributed by atoms with Crippen LogP contribution < -0.4 is 10.0 Å². The van der Waals surface area contributed by atoms with Crippen LogP contribution >= 0.6 is 24.0 Å². The number of aryl methyl sites for hydroxylation is 2. The Kier molecular flexibility index (Phi) is 4.74. The van der Waals surface area contributed by atoms with Gasteiger partial charge in [0, 0.05) is 5.56 Å². The topological polar surface area (TPSA) is 60.4 Å². The van der Waals surface area contributed by atoms with Gasteiger partial charge in [-0.1, -0.05) is 54.3 Å². The maximum Gasteiger partial charge on any atom is 0.270 e. The summed E-state index contributed by atoms with van der Waals surface area (Å²) in [4.78, 5) is 25.9. The lowest BCUT2D eigenvalue weighted by atomic mass is 10.1. The van der Waals surface area contributed by atoms with Crippen LogP contribution in [0.3, 0.4) is 0 Å². The molecule has 126 valence electrons. The number of carbonyl (C=O) groups excluding carboxylic acids is 2. The van der Waals surface area contributed by atoms with Gasteiger partial charge in [-0.2, -0.15) is 0 Å². The summed E-state index contributed by atoms with van der Waals surface area (Å²) in [6.07, 6.45) is 1.55. The molecule has 0 N–H and O–H groups in total. The van der Waals surface area contributed by atoms with Crippen molar-refractivity contribution in [3.63, 3.8) is 0 Å². The standard InChI is InChI=1S/C19H15NO3S2/c1-11-7-8-14(9-12(11)2)20-17(21)16(25-19(20)24)10-13-5-3-4-6-15(13)18(22)23/h3-10H,1-2H3,(H,22,23)/p-1/b16-10-. The second kappa shape index (κ2) is 6.82. The number of carboxylic acid groups (broad SMARTS) is 1. The van der Waals surface area contributed by atoms with E-state index < -0.39 is 5.97 Å². The van der Waals surface area contributed by atoms with E-state index in [0.29, 0.717) is 20.5 Å². The van der Waals surface area contributed by atoms with Crippen LogP contribution in [0.2, 0.25) is 0 Å². The molecule has 1 aliphatic rings. The lowest BCUT2D eigenvalue weighted by Gasteiger charge is -2.16. The number of carboxylic acids is 1. The van der Waals surface area contributed by atoms with Gasteiger partial charge < -0.3 is 9.90 Å². The number of hydrogen-bond acceptors (Lipinski definition) is 5. The summed E-state index contributed by atoms with van der Waals surface area (Å²) in [5.41, 5.74) is 3.37. The average molecular weight is 368 g/mol. The van der Waals surface area contributed by atoms with Gasteiger partial charge in [0.25, 0.3) is 5.91 Å². The van der Waals surface area contributed by atoms with Crippen molar-refractivity contribution in [2.45, 2.75) is 13.8 Å². The molecule has 1 heterocycles. The SMILES string of the molecule is Cc1ccc(N2C(=O)/C(=C/c3ccccc3C(=O)[O-])SC2=S)cc1C. The van der Waals surface area contributed by atoms with E-state index in [1.165, 1.54) is 11.0 Å². The molecule has 0 aromatic heterocycles. The molecule has 2 aromatic rings. The molecule has 0 saturated carbocycles. The van der Waals surface area contributed by atoms with E-state index in [1.54, 1.807) is 24.3 Å². The van der Waals surface area contributed by atoms with Gasteiger partial charge in [0.2, 0.25) is 0 Å². The zero-order valence-electron chi connectivity index (χ0n) is 13.6. The maximum absolute atomic E-state index is 12.8. The summed E-state index contributed by atoms with van der Waals surface area (Å²) in [5, 5.41) is 11.2. The van der Waals surface area contributed by atoms with Crippen LogP contribution in [-0.4, -0.2) is 16.2 Å². The van der Waals surface area contributed by atoms with Crippen LogP contribution in [-0.2, 0) is 4.79 Å². The number of carbonyl (C=O) groups is 2. The summed E-state index contributed by atoms with van der Waals surface area (Å²) >= 11 is 6.51. The molecule has 1 fully saturated rings. The molecule has 4 nitrogen and oxygen atoms in total. The van der Waals surface area contributed by atoms with Crippen molar-refractivity contribution < 1.29 is 14.7 Å². The number of thiocarbonyl (C=S) groups is 1. The molecule has 0 atom stereocenters. The van der Waals surface area contributed by atoms with Gasteiger partial charge in [-0.25, -0.2) is 0 Å². The first-order valence-corrected chi connectivity index (χ1v) is 8.76. The van der Waals surface area contributed by atoms with Crippen LogP contribution in [0.5, 0.6) is 0 Å². The monoisotopic (exact) mass is 368 g/mol. The van der Waals surface area contributed by atoms with Gasteiger partial charge in [0.1, 0.15) is 0 Å². The second-order valence-corrected chi connectivity index (χ2v) is 7.34. The second-order valence-electron chi connectivity index (χ2n) is 5.66. The molecule has 0 unspecified atom stereocenters. The van der Waals surface area contributed by atoms with Crippen molar-refractivity contribution in [3.05, 3.63) is 69.6 Å². The minimum absolute atomic E-state index is 0.0407. The molecular weight excluding hydrogens is 354 g/mol. The first kappa shape index (κ1) is 17.4.